The van der Waals surface area contributed by atoms with E-state index in [9.17, 15) is 4.79 Å². The summed E-state index contributed by atoms with van der Waals surface area (Å²) in [7, 11) is 0. The molecule has 0 radical (unpaired) electrons. The molecule has 0 aliphatic carbocycles. The van der Waals surface area contributed by atoms with Gasteiger partial charge in [0.1, 0.15) is 0 Å². The van der Waals surface area contributed by atoms with Crippen molar-refractivity contribution < 1.29 is 14.3 Å². The number of carbonyl (C=O) groups excluding carboxylic acids is 1. The Balaban J connectivity index is 1.85. The van der Waals surface area contributed by atoms with Crippen LogP contribution < -0.4 is 0 Å². The summed E-state index contributed by atoms with van der Waals surface area (Å²) in [5, 5.41) is 0. The molecule has 1 saturated heterocycles. The molecule has 17 heavy (non-hydrogen) atoms. The van der Waals surface area contributed by atoms with Gasteiger partial charge in [-0.3, -0.25) is 4.79 Å². The van der Waals surface area contributed by atoms with Gasteiger partial charge in [0.25, 0.3) is 0 Å². The van der Waals surface area contributed by atoms with Crippen LogP contribution in [0.2, 0.25) is 0 Å². The smallest absolute Gasteiger partial charge is 0.306 e. The topological polar surface area (TPSA) is 35.5 Å². The van der Waals surface area contributed by atoms with Gasteiger partial charge in [0, 0.05) is 12.8 Å². The van der Waals surface area contributed by atoms with Gasteiger partial charge in [-0.15, -0.1) is 0 Å². The molecule has 0 N–H and O–H groups in total. The lowest BCUT2D eigenvalue weighted by atomic mass is 10.0. The van der Waals surface area contributed by atoms with Gasteiger partial charge in [0.2, 0.25) is 0 Å². The number of hydrogen-bond acceptors (Lipinski definition) is 3. The molecule has 3 nitrogen and oxygen atoms in total. The Hall–Kier alpha value is -1.61. The second-order valence-corrected chi connectivity index (χ2v) is 4.22. The molecule has 1 unspecified atom stereocenters. The highest BCUT2D eigenvalue weighted by Gasteiger charge is 2.37. The number of esters is 1. The first kappa shape index (κ1) is 11.9. The Morgan fingerprint density at radius 1 is 1.41 bits per heavy atom. The molecule has 1 aliphatic heterocycles. The Kier molecular flexibility index (Phi) is 3.59. The van der Waals surface area contributed by atoms with Crippen molar-refractivity contribution in [1.29, 1.82) is 0 Å². The van der Waals surface area contributed by atoms with Gasteiger partial charge in [-0.1, -0.05) is 36.9 Å². The molecule has 3 heteroatoms. The van der Waals surface area contributed by atoms with E-state index in [0.29, 0.717) is 26.1 Å². The van der Waals surface area contributed by atoms with Crippen molar-refractivity contribution in [3.8, 4) is 0 Å². The van der Waals surface area contributed by atoms with E-state index in [-0.39, 0.29) is 5.97 Å². The van der Waals surface area contributed by atoms with Gasteiger partial charge in [-0.25, -0.2) is 0 Å². The van der Waals surface area contributed by atoms with Crippen LogP contribution in [-0.2, 0) is 20.9 Å². The van der Waals surface area contributed by atoms with Gasteiger partial charge < -0.3 is 9.47 Å². The van der Waals surface area contributed by atoms with Crippen molar-refractivity contribution in [2.75, 3.05) is 6.61 Å². The summed E-state index contributed by atoms with van der Waals surface area (Å²) in [6.45, 7) is 4.61. The van der Waals surface area contributed by atoms with Crippen molar-refractivity contribution in [3.63, 3.8) is 0 Å². The number of benzene rings is 1. The summed E-state index contributed by atoms with van der Waals surface area (Å²) >= 11 is 0. The number of rotatable bonds is 5. The van der Waals surface area contributed by atoms with E-state index in [4.69, 9.17) is 9.47 Å². The zero-order chi connectivity index (χ0) is 12.1. The average molecular weight is 232 g/mol. The van der Waals surface area contributed by atoms with Gasteiger partial charge in [0.05, 0.1) is 13.2 Å². The van der Waals surface area contributed by atoms with Crippen molar-refractivity contribution in [1.82, 2.24) is 0 Å². The quantitative estimate of drug-likeness (QED) is 0.578. The zero-order valence-electron chi connectivity index (χ0n) is 9.72. The fraction of sp³-hybridized carbons (Fsp3) is 0.357. The maximum absolute atomic E-state index is 11.1. The molecule has 0 saturated carbocycles. The second-order valence-electron chi connectivity index (χ2n) is 4.22. The predicted molar refractivity (Wildman–Crippen MR) is 64.4 cm³/mol. The van der Waals surface area contributed by atoms with Gasteiger partial charge in [0.15, 0.2) is 5.60 Å². The Morgan fingerprint density at radius 3 is 2.76 bits per heavy atom. The molecule has 0 spiro atoms. The van der Waals surface area contributed by atoms with Crippen molar-refractivity contribution in [3.05, 3.63) is 48.6 Å². The summed E-state index contributed by atoms with van der Waals surface area (Å²) in [4.78, 5) is 11.1. The summed E-state index contributed by atoms with van der Waals surface area (Å²) in [6, 6.07) is 9.91. The molecule has 0 amide bonds. The molecule has 1 aromatic rings. The van der Waals surface area contributed by atoms with Crippen LogP contribution in [0.25, 0.3) is 0 Å². The first-order valence-corrected chi connectivity index (χ1v) is 5.71. The fourth-order valence-corrected chi connectivity index (χ4v) is 1.86. The lowest BCUT2D eigenvalue weighted by Gasteiger charge is -2.23. The molecule has 1 atom stereocenters. The molecule has 1 heterocycles. The minimum Gasteiger partial charge on any atom is -0.452 e. The summed E-state index contributed by atoms with van der Waals surface area (Å²) < 4.78 is 10.9. The van der Waals surface area contributed by atoms with E-state index in [0.717, 1.165) is 5.56 Å². The molecule has 2 rings (SSSR count). The summed E-state index contributed by atoms with van der Waals surface area (Å²) in [5.41, 5.74) is 0.488. The second kappa shape index (κ2) is 5.15. The number of cyclic esters (lactones) is 1. The monoisotopic (exact) mass is 232 g/mol. The molecule has 0 aromatic heterocycles. The normalized spacial score (nSPS) is 23.4. The Bertz CT molecular complexity index is 399. The molecule has 1 fully saturated rings. The maximum Gasteiger partial charge on any atom is 0.306 e. The van der Waals surface area contributed by atoms with E-state index in [1.54, 1.807) is 6.08 Å². The zero-order valence-corrected chi connectivity index (χ0v) is 9.72. The Labute approximate surface area is 101 Å². The highest BCUT2D eigenvalue weighted by Crippen LogP contribution is 2.28. The Morgan fingerprint density at radius 2 is 2.18 bits per heavy atom. The van der Waals surface area contributed by atoms with Crippen LogP contribution in [0.4, 0.5) is 0 Å². The number of carbonyl (C=O) groups is 1. The van der Waals surface area contributed by atoms with Crippen molar-refractivity contribution in [2.45, 2.75) is 25.0 Å². The van der Waals surface area contributed by atoms with Crippen LogP contribution in [0.15, 0.2) is 43.0 Å². The van der Waals surface area contributed by atoms with Crippen LogP contribution in [-0.4, -0.2) is 18.2 Å². The SMILES string of the molecule is C=CC1(COCc2ccccc2)CCC(=O)O1. The molecular weight excluding hydrogens is 216 g/mol. The average Bonchev–Trinajstić information content (AvgIpc) is 2.73. The molecule has 1 aliphatic rings. The first-order chi connectivity index (χ1) is 8.24. The molecule has 1 aromatic carbocycles. The highest BCUT2D eigenvalue weighted by molar-refractivity contribution is 5.72. The van der Waals surface area contributed by atoms with Gasteiger partial charge in [-0.05, 0) is 11.6 Å². The molecule has 0 bridgehead atoms. The standard InChI is InChI=1S/C14H16O3/c1-2-14(9-8-13(15)17-14)11-16-10-12-6-4-3-5-7-12/h2-7H,1,8-11H2. The largest absolute Gasteiger partial charge is 0.452 e. The lowest BCUT2D eigenvalue weighted by molar-refractivity contribution is -0.149. The van der Waals surface area contributed by atoms with E-state index in [1.165, 1.54) is 0 Å². The van der Waals surface area contributed by atoms with Crippen LogP contribution in [0.5, 0.6) is 0 Å². The van der Waals surface area contributed by atoms with Crippen LogP contribution in [0.1, 0.15) is 18.4 Å². The number of hydrogen-bond donors (Lipinski definition) is 0. The van der Waals surface area contributed by atoms with Crippen LogP contribution in [0, 0.1) is 0 Å². The summed E-state index contributed by atoms with van der Waals surface area (Å²) in [5.74, 6) is -0.173. The van der Waals surface area contributed by atoms with E-state index in [2.05, 4.69) is 6.58 Å². The third-order valence-corrected chi connectivity index (χ3v) is 2.90. The van der Waals surface area contributed by atoms with Crippen molar-refractivity contribution in [2.24, 2.45) is 0 Å². The van der Waals surface area contributed by atoms with Gasteiger partial charge in [-0.2, -0.15) is 0 Å². The first-order valence-electron chi connectivity index (χ1n) is 5.71. The van der Waals surface area contributed by atoms with Gasteiger partial charge >= 0.3 is 5.97 Å². The summed E-state index contributed by atoms with van der Waals surface area (Å²) in [6.07, 6.45) is 2.77. The fourth-order valence-electron chi connectivity index (χ4n) is 1.86. The minimum absolute atomic E-state index is 0.173. The van der Waals surface area contributed by atoms with Crippen LogP contribution in [0.3, 0.4) is 0 Å². The van der Waals surface area contributed by atoms with Crippen molar-refractivity contribution >= 4 is 5.97 Å². The third-order valence-electron chi connectivity index (χ3n) is 2.90. The van der Waals surface area contributed by atoms with Crippen LogP contribution >= 0.6 is 0 Å². The van der Waals surface area contributed by atoms with E-state index >= 15 is 0 Å². The molecule has 90 valence electrons. The lowest BCUT2D eigenvalue weighted by Crippen LogP contribution is -2.31. The van der Waals surface area contributed by atoms with E-state index in [1.807, 2.05) is 30.3 Å². The number of ether oxygens (including phenoxy) is 2. The maximum atomic E-state index is 11.1. The minimum atomic E-state index is -0.619. The molecular formula is C14H16O3. The van der Waals surface area contributed by atoms with E-state index < -0.39 is 5.60 Å². The third kappa shape index (κ3) is 2.94. The highest BCUT2D eigenvalue weighted by atomic mass is 16.6. The predicted octanol–water partition coefficient (Wildman–Crippen LogP) is 2.47.